The smallest absolute Gasteiger partial charge is 0.306 e. The molecule has 2 amide bonds. The summed E-state index contributed by atoms with van der Waals surface area (Å²) in [5.41, 5.74) is 1.41. The van der Waals surface area contributed by atoms with Gasteiger partial charge in [-0.25, -0.2) is 0 Å². The Bertz CT molecular complexity index is 600. The molecule has 2 rings (SSSR count). The summed E-state index contributed by atoms with van der Waals surface area (Å²) >= 11 is 0. The van der Waals surface area contributed by atoms with Crippen LogP contribution in [0.25, 0.3) is 0 Å². The molecule has 0 radical (unpaired) electrons. The molecule has 7 nitrogen and oxygen atoms in total. The Morgan fingerprint density at radius 3 is 2.86 bits per heavy atom. The van der Waals surface area contributed by atoms with Crippen LogP contribution in [0.2, 0.25) is 0 Å². The number of nitrogens with one attached hydrogen (secondary N) is 2. The van der Waals surface area contributed by atoms with Gasteiger partial charge >= 0.3 is 5.97 Å². The van der Waals surface area contributed by atoms with Crippen molar-refractivity contribution in [3.63, 3.8) is 0 Å². The molecule has 7 heteroatoms. The van der Waals surface area contributed by atoms with Crippen LogP contribution in [0.3, 0.4) is 0 Å². The molecule has 0 aliphatic carbocycles. The van der Waals surface area contributed by atoms with Crippen LogP contribution in [-0.2, 0) is 25.7 Å². The lowest BCUT2D eigenvalue weighted by atomic mass is 10.1. The van der Waals surface area contributed by atoms with Gasteiger partial charge in [-0.05, 0) is 24.6 Å². The highest BCUT2D eigenvalue weighted by molar-refractivity contribution is 5.97. The minimum Gasteiger partial charge on any atom is -0.479 e. The van der Waals surface area contributed by atoms with Gasteiger partial charge in [0, 0.05) is 13.0 Å². The number of anilines is 1. The highest BCUT2D eigenvalue weighted by atomic mass is 16.5. The fourth-order valence-electron chi connectivity index (χ4n) is 1.97. The molecule has 1 atom stereocenters. The third kappa shape index (κ3) is 3.97. The van der Waals surface area contributed by atoms with E-state index in [0.717, 1.165) is 5.56 Å². The molecule has 1 unspecified atom stereocenters. The Hall–Kier alpha value is -2.57. The van der Waals surface area contributed by atoms with E-state index in [4.69, 9.17) is 4.74 Å². The third-order valence-corrected chi connectivity index (χ3v) is 3.25. The number of ether oxygens (including phenoxy) is 2. The maximum atomic E-state index is 11.6. The first-order valence-corrected chi connectivity index (χ1v) is 6.93. The molecule has 0 saturated heterocycles. The Kier molecular flexibility index (Phi) is 4.98. The van der Waals surface area contributed by atoms with Gasteiger partial charge in [0.25, 0.3) is 5.91 Å². The number of hydrogen-bond donors (Lipinski definition) is 2. The topological polar surface area (TPSA) is 93.7 Å². The lowest BCUT2D eigenvalue weighted by Crippen LogP contribution is -2.34. The lowest BCUT2D eigenvalue weighted by Gasteiger charge is -2.23. The summed E-state index contributed by atoms with van der Waals surface area (Å²) in [5.74, 6) is -0.255. The molecule has 1 aliphatic rings. The molecular formula is C15H18N2O5. The van der Waals surface area contributed by atoms with Gasteiger partial charge in [0.1, 0.15) is 5.75 Å². The summed E-state index contributed by atoms with van der Waals surface area (Å²) in [6.07, 6.45) is -0.389. The molecule has 0 fully saturated rings. The molecule has 1 heterocycles. The molecular weight excluding hydrogens is 288 g/mol. The van der Waals surface area contributed by atoms with Crippen LogP contribution < -0.4 is 15.4 Å². The van der Waals surface area contributed by atoms with E-state index in [0.29, 0.717) is 18.0 Å². The number of fused-ring (bicyclic) bond motifs is 1. The summed E-state index contributed by atoms with van der Waals surface area (Å²) in [4.78, 5) is 34.1. The third-order valence-electron chi connectivity index (χ3n) is 3.25. The van der Waals surface area contributed by atoms with Gasteiger partial charge in [0.05, 0.1) is 19.2 Å². The van der Waals surface area contributed by atoms with E-state index < -0.39 is 12.1 Å². The quantitative estimate of drug-likeness (QED) is 0.791. The molecule has 0 spiro atoms. The molecule has 1 aromatic carbocycles. The van der Waals surface area contributed by atoms with Crippen LogP contribution in [0.15, 0.2) is 18.2 Å². The first kappa shape index (κ1) is 15.8. The van der Waals surface area contributed by atoms with Gasteiger partial charge in [-0.15, -0.1) is 0 Å². The Morgan fingerprint density at radius 2 is 2.14 bits per heavy atom. The van der Waals surface area contributed by atoms with Crippen LogP contribution in [-0.4, -0.2) is 31.0 Å². The predicted molar refractivity (Wildman–Crippen MR) is 78.3 cm³/mol. The highest BCUT2D eigenvalue weighted by Crippen LogP contribution is 2.30. The summed E-state index contributed by atoms with van der Waals surface area (Å²) in [5, 5.41) is 5.45. The molecule has 0 aromatic heterocycles. The first-order chi connectivity index (χ1) is 10.5. The van der Waals surface area contributed by atoms with Crippen molar-refractivity contribution in [1.82, 2.24) is 5.32 Å². The van der Waals surface area contributed by atoms with E-state index in [-0.39, 0.29) is 24.7 Å². The van der Waals surface area contributed by atoms with E-state index in [1.807, 2.05) is 6.07 Å². The van der Waals surface area contributed by atoms with E-state index >= 15 is 0 Å². The zero-order chi connectivity index (χ0) is 16.1. The standard InChI is InChI=1S/C15H18N2O5/c1-9-15(20)17-11-7-10(3-4-12(11)22-9)8-16-13(18)5-6-14(19)21-2/h3-4,7,9H,5-6,8H2,1-2H3,(H,16,18)(H,17,20). The van der Waals surface area contributed by atoms with Crippen molar-refractivity contribution < 1.29 is 23.9 Å². The van der Waals surface area contributed by atoms with Gasteiger partial charge in [-0.2, -0.15) is 0 Å². The number of benzene rings is 1. The largest absolute Gasteiger partial charge is 0.479 e. The van der Waals surface area contributed by atoms with E-state index in [1.54, 1.807) is 19.1 Å². The first-order valence-electron chi connectivity index (χ1n) is 6.93. The van der Waals surface area contributed by atoms with Crippen LogP contribution in [0.1, 0.15) is 25.3 Å². The molecule has 0 saturated carbocycles. The fraction of sp³-hybridized carbons (Fsp3) is 0.400. The number of esters is 1. The SMILES string of the molecule is COC(=O)CCC(=O)NCc1ccc2c(c1)NC(=O)C(C)O2. The van der Waals surface area contributed by atoms with Gasteiger partial charge in [0.15, 0.2) is 6.10 Å². The van der Waals surface area contributed by atoms with Crippen LogP contribution in [0, 0.1) is 0 Å². The summed E-state index contributed by atoms with van der Waals surface area (Å²) in [6.45, 7) is 1.98. The number of amides is 2. The van der Waals surface area contributed by atoms with Crippen molar-refractivity contribution in [3.8, 4) is 5.75 Å². The van der Waals surface area contributed by atoms with Crippen molar-refractivity contribution in [2.24, 2.45) is 0 Å². The van der Waals surface area contributed by atoms with E-state index in [2.05, 4.69) is 15.4 Å². The predicted octanol–water partition coefficient (Wildman–Crippen LogP) is 0.975. The zero-order valence-electron chi connectivity index (χ0n) is 12.5. The zero-order valence-corrected chi connectivity index (χ0v) is 12.5. The van der Waals surface area contributed by atoms with Gasteiger partial charge in [-0.3, -0.25) is 14.4 Å². The van der Waals surface area contributed by atoms with Gasteiger partial charge in [-0.1, -0.05) is 6.07 Å². The Balaban J connectivity index is 1.89. The molecule has 118 valence electrons. The van der Waals surface area contributed by atoms with Crippen molar-refractivity contribution in [2.75, 3.05) is 12.4 Å². The average molecular weight is 306 g/mol. The minimum atomic E-state index is -0.517. The number of methoxy groups -OCH3 is 1. The summed E-state index contributed by atoms with van der Waals surface area (Å²) in [7, 11) is 1.28. The highest BCUT2D eigenvalue weighted by Gasteiger charge is 2.23. The number of carbonyl (C=O) groups excluding carboxylic acids is 3. The minimum absolute atomic E-state index is 0.0499. The number of rotatable bonds is 5. The molecule has 1 aliphatic heterocycles. The molecule has 22 heavy (non-hydrogen) atoms. The molecule has 0 bridgehead atoms. The average Bonchev–Trinajstić information content (AvgIpc) is 2.51. The van der Waals surface area contributed by atoms with E-state index in [1.165, 1.54) is 7.11 Å². The summed E-state index contributed by atoms with van der Waals surface area (Å²) in [6, 6.07) is 5.31. The van der Waals surface area contributed by atoms with Crippen molar-refractivity contribution in [1.29, 1.82) is 0 Å². The maximum Gasteiger partial charge on any atom is 0.306 e. The second-order valence-electron chi connectivity index (χ2n) is 4.93. The molecule has 1 aromatic rings. The van der Waals surface area contributed by atoms with Crippen LogP contribution >= 0.6 is 0 Å². The maximum absolute atomic E-state index is 11.6. The van der Waals surface area contributed by atoms with Gasteiger partial charge in [0.2, 0.25) is 5.91 Å². The lowest BCUT2D eigenvalue weighted by molar-refractivity contribution is -0.142. The monoisotopic (exact) mass is 306 g/mol. The number of hydrogen-bond acceptors (Lipinski definition) is 5. The molecule has 2 N–H and O–H groups in total. The second-order valence-corrected chi connectivity index (χ2v) is 4.93. The van der Waals surface area contributed by atoms with Crippen molar-refractivity contribution >= 4 is 23.5 Å². The van der Waals surface area contributed by atoms with Crippen LogP contribution in [0.5, 0.6) is 5.75 Å². The van der Waals surface area contributed by atoms with E-state index in [9.17, 15) is 14.4 Å². The van der Waals surface area contributed by atoms with Crippen LogP contribution in [0.4, 0.5) is 5.69 Å². The number of carbonyl (C=O) groups is 3. The summed E-state index contributed by atoms with van der Waals surface area (Å²) < 4.78 is 9.92. The Labute approximate surface area is 128 Å². The van der Waals surface area contributed by atoms with Crippen molar-refractivity contribution in [2.45, 2.75) is 32.4 Å². The van der Waals surface area contributed by atoms with Gasteiger partial charge < -0.3 is 20.1 Å². The Morgan fingerprint density at radius 1 is 1.36 bits per heavy atom. The second kappa shape index (κ2) is 6.93. The fourth-order valence-corrected chi connectivity index (χ4v) is 1.97. The van der Waals surface area contributed by atoms with Crippen molar-refractivity contribution in [3.05, 3.63) is 23.8 Å². The normalized spacial score (nSPS) is 16.1.